The van der Waals surface area contributed by atoms with Gasteiger partial charge in [-0.2, -0.15) is 0 Å². The van der Waals surface area contributed by atoms with E-state index in [1.807, 2.05) is 6.92 Å². The van der Waals surface area contributed by atoms with Crippen molar-refractivity contribution in [2.24, 2.45) is 5.41 Å². The molecule has 0 spiro atoms. The standard InChI is InChI=1S/C14H22N2O3S/c1-11-3-4-13(12(15)9-11)20(17,18)16-10-14(5-6-14)7-8-19-2/h3-4,9,16H,5-8,10,15H2,1-2H3. The molecule has 3 N–H and O–H groups in total. The van der Waals surface area contributed by atoms with E-state index in [0.29, 0.717) is 18.8 Å². The molecule has 0 atom stereocenters. The number of nitrogen functional groups attached to an aromatic ring is 1. The molecule has 6 heteroatoms. The highest BCUT2D eigenvalue weighted by atomic mass is 32.2. The van der Waals surface area contributed by atoms with Crippen LogP contribution >= 0.6 is 0 Å². The van der Waals surface area contributed by atoms with E-state index in [0.717, 1.165) is 24.8 Å². The largest absolute Gasteiger partial charge is 0.398 e. The van der Waals surface area contributed by atoms with E-state index in [1.165, 1.54) is 0 Å². The van der Waals surface area contributed by atoms with Gasteiger partial charge in [0.05, 0.1) is 5.69 Å². The number of hydrogen-bond donors (Lipinski definition) is 2. The van der Waals surface area contributed by atoms with Gasteiger partial charge in [0.1, 0.15) is 4.90 Å². The number of nitrogens with two attached hydrogens (primary N) is 1. The maximum absolute atomic E-state index is 12.3. The topological polar surface area (TPSA) is 81.4 Å². The number of nitrogens with one attached hydrogen (secondary N) is 1. The molecule has 0 unspecified atom stereocenters. The summed E-state index contributed by atoms with van der Waals surface area (Å²) >= 11 is 0. The monoisotopic (exact) mass is 298 g/mol. The van der Waals surface area contributed by atoms with Crippen LogP contribution < -0.4 is 10.5 Å². The molecule has 0 heterocycles. The van der Waals surface area contributed by atoms with Crippen LogP contribution in [0.5, 0.6) is 0 Å². The molecular formula is C14H22N2O3S. The van der Waals surface area contributed by atoms with E-state index < -0.39 is 10.0 Å². The van der Waals surface area contributed by atoms with Gasteiger partial charge < -0.3 is 10.5 Å². The fraction of sp³-hybridized carbons (Fsp3) is 0.571. The average Bonchev–Trinajstić information content (AvgIpc) is 3.14. The summed E-state index contributed by atoms with van der Waals surface area (Å²) in [5.41, 5.74) is 7.11. The molecule has 0 aliphatic heterocycles. The molecule has 2 rings (SSSR count). The van der Waals surface area contributed by atoms with Crippen LogP contribution in [0.2, 0.25) is 0 Å². The number of hydrogen-bond acceptors (Lipinski definition) is 4. The second kappa shape index (κ2) is 5.71. The number of anilines is 1. The van der Waals surface area contributed by atoms with Crippen molar-refractivity contribution in [1.82, 2.24) is 4.72 Å². The predicted molar refractivity (Wildman–Crippen MR) is 78.9 cm³/mol. The highest BCUT2D eigenvalue weighted by molar-refractivity contribution is 7.89. The molecule has 0 bridgehead atoms. The highest BCUT2D eigenvalue weighted by Crippen LogP contribution is 2.48. The van der Waals surface area contributed by atoms with Crippen molar-refractivity contribution in [1.29, 1.82) is 0 Å². The minimum Gasteiger partial charge on any atom is -0.398 e. The molecule has 1 fully saturated rings. The lowest BCUT2D eigenvalue weighted by atomic mass is 10.0. The van der Waals surface area contributed by atoms with Crippen molar-refractivity contribution in [3.05, 3.63) is 23.8 Å². The lowest BCUT2D eigenvalue weighted by Crippen LogP contribution is -2.31. The molecular weight excluding hydrogens is 276 g/mol. The molecule has 0 aromatic heterocycles. The van der Waals surface area contributed by atoms with Crippen molar-refractivity contribution < 1.29 is 13.2 Å². The summed E-state index contributed by atoms with van der Waals surface area (Å²) in [5.74, 6) is 0. The Morgan fingerprint density at radius 3 is 2.65 bits per heavy atom. The Morgan fingerprint density at radius 2 is 2.10 bits per heavy atom. The van der Waals surface area contributed by atoms with E-state index in [1.54, 1.807) is 25.3 Å². The molecule has 112 valence electrons. The van der Waals surface area contributed by atoms with E-state index in [-0.39, 0.29) is 10.3 Å². The van der Waals surface area contributed by atoms with Gasteiger partial charge in [-0.05, 0) is 49.3 Å². The minimum atomic E-state index is -3.54. The minimum absolute atomic E-state index is 0.0720. The molecule has 5 nitrogen and oxygen atoms in total. The molecule has 1 saturated carbocycles. The third kappa shape index (κ3) is 3.50. The maximum atomic E-state index is 12.3. The van der Waals surface area contributed by atoms with Gasteiger partial charge in [0.2, 0.25) is 10.0 Å². The van der Waals surface area contributed by atoms with Gasteiger partial charge in [-0.25, -0.2) is 13.1 Å². The first kappa shape index (κ1) is 15.3. The van der Waals surface area contributed by atoms with Crippen LogP contribution in [0.25, 0.3) is 0 Å². The van der Waals surface area contributed by atoms with Crippen molar-refractivity contribution in [3.8, 4) is 0 Å². The predicted octanol–water partition coefficient (Wildman–Crippen LogP) is 1.67. The summed E-state index contributed by atoms with van der Waals surface area (Å²) in [5, 5.41) is 0. The SMILES string of the molecule is COCCC1(CNS(=O)(=O)c2ccc(C)cc2N)CC1. The molecule has 0 radical (unpaired) electrons. The van der Waals surface area contributed by atoms with Gasteiger partial charge in [0.15, 0.2) is 0 Å². The van der Waals surface area contributed by atoms with Gasteiger partial charge >= 0.3 is 0 Å². The Kier molecular flexibility index (Phi) is 4.36. The van der Waals surface area contributed by atoms with Gasteiger partial charge in [0.25, 0.3) is 0 Å². The first-order chi connectivity index (χ1) is 9.38. The van der Waals surface area contributed by atoms with Crippen molar-refractivity contribution in [2.45, 2.75) is 31.1 Å². The second-order valence-electron chi connectivity index (χ2n) is 5.61. The highest BCUT2D eigenvalue weighted by Gasteiger charge is 2.42. The van der Waals surface area contributed by atoms with Gasteiger partial charge in [0, 0.05) is 20.3 Å². The average molecular weight is 298 g/mol. The van der Waals surface area contributed by atoms with E-state index in [2.05, 4.69) is 4.72 Å². The number of sulfonamides is 1. The maximum Gasteiger partial charge on any atom is 0.242 e. The molecule has 1 aliphatic rings. The lowest BCUT2D eigenvalue weighted by molar-refractivity contribution is 0.173. The summed E-state index contributed by atoms with van der Waals surface area (Å²) in [6.45, 7) is 2.99. The van der Waals surface area contributed by atoms with Crippen molar-refractivity contribution in [2.75, 3.05) is 26.0 Å². The van der Waals surface area contributed by atoms with Crippen LogP contribution in [-0.4, -0.2) is 28.7 Å². The summed E-state index contributed by atoms with van der Waals surface area (Å²) < 4.78 is 32.3. The van der Waals surface area contributed by atoms with Crippen molar-refractivity contribution >= 4 is 15.7 Å². The van der Waals surface area contributed by atoms with E-state index >= 15 is 0 Å². The molecule has 1 aliphatic carbocycles. The summed E-state index contributed by atoms with van der Waals surface area (Å²) in [4.78, 5) is 0.158. The first-order valence-electron chi connectivity index (χ1n) is 6.73. The first-order valence-corrected chi connectivity index (χ1v) is 8.22. The number of aryl methyl sites for hydroxylation is 1. The normalized spacial score (nSPS) is 17.1. The van der Waals surface area contributed by atoms with Crippen LogP contribution in [0.15, 0.2) is 23.1 Å². The molecule has 1 aromatic carbocycles. The third-order valence-corrected chi connectivity index (χ3v) is 5.36. The van der Waals surface area contributed by atoms with Crippen LogP contribution in [-0.2, 0) is 14.8 Å². The van der Waals surface area contributed by atoms with Gasteiger partial charge in [-0.1, -0.05) is 6.07 Å². The molecule has 0 amide bonds. The molecule has 20 heavy (non-hydrogen) atoms. The quantitative estimate of drug-likeness (QED) is 0.750. The summed E-state index contributed by atoms with van der Waals surface area (Å²) in [6.07, 6.45) is 2.97. The Balaban J connectivity index is 2.04. The van der Waals surface area contributed by atoms with E-state index in [4.69, 9.17) is 10.5 Å². The number of ether oxygens (including phenoxy) is 1. The summed E-state index contributed by atoms with van der Waals surface area (Å²) in [6, 6.07) is 4.98. The van der Waals surface area contributed by atoms with Crippen LogP contribution in [0.1, 0.15) is 24.8 Å². The molecule has 1 aromatic rings. The smallest absolute Gasteiger partial charge is 0.242 e. The Hall–Kier alpha value is -1.11. The zero-order chi connectivity index (χ0) is 14.8. The second-order valence-corrected chi connectivity index (χ2v) is 7.34. The van der Waals surface area contributed by atoms with Crippen LogP contribution in [0, 0.1) is 12.3 Å². The Morgan fingerprint density at radius 1 is 1.40 bits per heavy atom. The summed E-state index contributed by atoms with van der Waals surface area (Å²) in [7, 11) is -1.88. The number of rotatable bonds is 7. The Bertz CT molecular complexity index is 580. The zero-order valence-corrected chi connectivity index (χ0v) is 12.8. The number of benzene rings is 1. The van der Waals surface area contributed by atoms with E-state index in [9.17, 15) is 8.42 Å². The van der Waals surface area contributed by atoms with Crippen LogP contribution in [0.4, 0.5) is 5.69 Å². The van der Waals surface area contributed by atoms with Crippen LogP contribution in [0.3, 0.4) is 0 Å². The van der Waals surface area contributed by atoms with Gasteiger partial charge in [-0.15, -0.1) is 0 Å². The fourth-order valence-electron chi connectivity index (χ4n) is 2.25. The zero-order valence-electron chi connectivity index (χ0n) is 12.0. The lowest BCUT2D eigenvalue weighted by Gasteiger charge is -2.16. The fourth-order valence-corrected chi connectivity index (χ4v) is 3.52. The third-order valence-electron chi connectivity index (χ3n) is 3.89. The number of methoxy groups -OCH3 is 1. The van der Waals surface area contributed by atoms with Gasteiger partial charge in [-0.3, -0.25) is 0 Å². The molecule has 0 saturated heterocycles. The Labute approximate surface area is 120 Å². The van der Waals surface area contributed by atoms with Crippen molar-refractivity contribution in [3.63, 3.8) is 0 Å².